The molecule has 0 amide bonds. The van der Waals surface area contributed by atoms with Crippen LogP contribution in [0, 0.1) is 0 Å². The average molecular weight is 135 g/mol. The summed E-state index contributed by atoms with van der Waals surface area (Å²) in [6, 6.07) is 0. The third-order valence-electron chi connectivity index (χ3n) is 1.13. The van der Waals surface area contributed by atoms with E-state index in [9.17, 15) is 0 Å². The maximum Gasteiger partial charge on any atom is 0.154 e. The second-order valence-corrected chi connectivity index (χ2v) is 1.85. The molecule has 2 heteroatoms. The summed E-state index contributed by atoms with van der Waals surface area (Å²) in [6.45, 7) is 3.22. The summed E-state index contributed by atoms with van der Waals surface area (Å²) in [6.07, 6.45) is 10.6. The van der Waals surface area contributed by atoms with E-state index in [1.807, 2.05) is 30.4 Å². The van der Waals surface area contributed by atoms with Crippen LogP contribution in [0.2, 0.25) is 0 Å². The number of oxime groups is 1. The minimum atomic E-state index is 0.750. The molecular weight excluding hydrogens is 126 g/mol. The molecule has 0 heterocycles. The first-order valence-electron chi connectivity index (χ1n) is 3.10. The van der Waals surface area contributed by atoms with Gasteiger partial charge in [-0.05, 0) is 18.6 Å². The lowest BCUT2D eigenvalue weighted by molar-refractivity contribution is 0.243. The number of allylic oxidation sites excluding steroid dienone is 5. The van der Waals surface area contributed by atoms with Crippen LogP contribution in [0.3, 0.4) is 0 Å². The van der Waals surface area contributed by atoms with Gasteiger partial charge in [0.25, 0.3) is 0 Å². The molecule has 0 unspecified atom stereocenters. The van der Waals surface area contributed by atoms with Gasteiger partial charge in [-0.1, -0.05) is 23.4 Å². The Bertz CT molecular complexity index is 201. The molecule has 2 nitrogen and oxygen atoms in total. The van der Waals surface area contributed by atoms with Gasteiger partial charge in [-0.2, -0.15) is 0 Å². The van der Waals surface area contributed by atoms with Crippen molar-refractivity contribution < 1.29 is 4.84 Å². The fourth-order valence-corrected chi connectivity index (χ4v) is 0.702. The van der Waals surface area contributed by atoms with Crippen LogP contribution in [0.5, 0.6) is 0 Å². The maximum absolute atomic E-state index is 4.81. The van der Waals surface area contributed by atoms with E-state index in [2.05, 4.69) is 11.9 Å². The zero-order valence-corrected chi connectivity index (χ0v) is 5.66. The Morgan fingerprint density at radius 1 is 1.50 bits per heavy atom. The normalized spacial score (nSPS) is 15.8. The molecule has 0 aromatic heterocycles. The second kappa shape index (κ2) is 3.67. The Kier molecular flexibility index (Phi) is 2.49. The standard InChI is InChI=1S/C8H9NO/c1-9-10-8-6-4-2-3-5-7-8/h2-4,6-7H,1,5H2. The molecule has 0 fully saturated rings. The van der Waals surface area contributed by atoms with E-state index < -0.39 is 0 Å². The van der Waals surface area contributed by atoms with Crippen molar-refractivity contribution in [2.75, 3.05) is 0 Å². The largest absolute Gasteiger partial charge is 0.358 e. The lowest BCUT2D eigenvalue weighted by Gasteiger charge is -1.93. The highest BCUT2D eigenvalue weighted by atomic mass is 16.6. The van der Waals surface area contributed by atoms with Gasteiger partial charge in [0, 0.05) is 6.72 Å². The molecule has 0 saturated carbocycles. The summed E-state index contributed by atoms with van der Waals surface area (Å²) in [5.74, 6) is 0.750. The molecular formula is C8H9NO. The lowest BCUT2D eigenvalue weighted by Crippen LogP contribution is -1.77. The summed E-state index contributed by atoms with van der Waals surface area (Å²) < 4.78 is 0. The zero-order valence-electron chi connectivity index (χ0n) is 5.66. The molecule has 0 aromatic carbocycles. The summed E-state index contributed by atoms with van der Waals surface area (Å²) in [5, 5.41) is 3.30. The van der Waals surface area contributed by atoms with Crippen molar-refractivity contribution in [3.05, 3.63) is 36.1 Å². The lowest BCUT2D eigenvalue weighted by atomic mass is 10.4. The predicted octanol–water partition coefficient (Wildman–Crippen LogP) is 2.02. The molecule has 0 saturated heterocycles. The molecule has 0 N–H and O–H groups in total. The van der Waals surface area contributed by atoms with Crippen molar-refractivity contribution in [3.63, 3.8) is 0 Å². The third kappa shape index (κ3) is 1.90. The Hall–Kier alpha value is -1.31. The third-order valence-corrected chi connectivity index (χ3v) is 1.13. The van der Waals surface area contributed by atoms with Crippen molar-refractivity contribution in [1.82, 2.24) is 0 Å². The number of nitrogens with zero attached hydrogens (tertiary/aromatic N) is 1. The van der Waals surface area contributed by atoms with Crippen LogP contribution in [0.25, 0.3) is 0 Å². The SMILES string of the molecule is C=NOC1=CCC=CC=C1. The molecule has 1 aliphatic rings. The molecule has 0 aliphatic heterocycles. The van der Waals surface area contributed by atoms with E-state index in [4.69, 9.17) is 4.84 Å². The van der Waals surface area contributed by atoms with Gasteiger partial charge >= 0.3 is 0 Å². The van der Waals surface area contributed by atoms with Crippen molar-refractivity contribution in [2.45, 2.75) is 6.42 Å². The minimum absolute atomic E-state index is 0.750. The highest BCUT2D eigenvalue weighted by Gasteiger charge is 1.90. The topological polar surface area (TPSA) is 21.6 Å². The van der Waals surface area contributed by atoms with Crippen LogP contribution in [-0.2, 0) is 4.84 Å². The highest BCUT2D eigenvalue weighted by Crippen LogP contribution is 2.05. The van der Waals surface area contributed by atoms with Gasteiger partial charge < -0.3 is 4.84 Å². The molecule has 52 valence electrons. The Morgan fingerprint density at radius 2 is 2.40 bits per heavy atom. The van der Waals surface area contributed by atoms with Gasteiger partial charge in [0.1, 0.15) is 0 Å². The number of hydrogen-bond acceptors (Lipinski definition) is 2. The van der Waals surface area contributed by atoms with Gasteiger partial charge in [-0.25, -0.2) is 0 Å². The van der Waals surface area contributed by atoms with Crippen LogP contribution in [0.4, 0.5) is 0 Å². The van der Waals surface area contributed by atoms with E-state index in [1.165, 1.54) is 0 Å². The summed E-state index contributed by atoms with van der Waals surface area (Å²) in [7, 11) is 0. The van der Waals surface area contributed by atoms with Crippen LogP contribution in [-0.4, -0.2) is 6.72 Å². The Balaban J connectivity index is 2.59. The number of hydrogen-bond donors (Lipinski definition) is 0. The quantitative estimate of drug-likeness (QED) is 0.419. The Morgan fingerprint density at radius 3 is 3.20 bits per heavy atom. The Labute approximate surface area is 60.2 Å². The molecule has 10 heavy (non-hydrogen) atoms. The van der Waals surface area contributed by atoms with Crippen molar-refractivity contribution in [3.8, 4) is 0 Å². The van der Waals surface area contributed by atoms with E-state index >= 15 is 0 Å². The molecule has 1 aliphatic carbocycles. The first kappa shape index (κ1) is 6.81. The van der Waals surface area contributed by atoms with Crippen molar-refractivity contribution in [2.24, 2.45) is 5.16 Å². The van der Waals surface area contributed by atoms with Gasteiger partial charge in [0.05, 0.1) is 0 Å². The van der Waals surface area contributed by atoms with Gasteiger partial charge in [-0.3, -0.25) is 0 Å². The summed E-state index contributed by atoms with van der Waals surface area (Å²) in [4.78, 5) is 4.81. The van der Waals surface area contributed by atoms with Crippen molar-refractivity contribution >= 4 is 6.72 Å². The van der Waals surface area contributed by atoms with E-state index in [-0.39, 0.29) is 0 Å². The number of rotatable bonds is 2. The van der Waals surface area contributed by atoms with Gasteiger partial charge in [0.15, 0.2) is 5.76 Å². The first-order valence-corrected chi connectivity index (χ1v) is 3.10. The van der Waals surface area contributed by atoms with Crippen molar-refractivity contribution in [1.29, 1.82) is 0 Å². The average Bonchev–Trinajstić information content (AvgIpc) is 2.17. The summed E-state index contributed by atoms with van der Waals surface area (Å²) >= 11 is 0. The molecule has 0 radical (unpaired) electrons. The highest BCUT2D eigenvalue weighted by molar-refractivity contribution is 5.24. The van der Waals surface area contributed by atoms with Crippen LogP contribution < -0.4 is 0 Å². The first-order chi connectivity index (χ1) is 4.93. The molecule has 0 atom stereocenters. The molecule has 0 bridgehead atoms. The smallest absolute Gasteiger partial charge is 0.154 e. The van der Waals surface area contributed by atoms with Crippen LogP contribution in [0.1, 0.15) is 6.42 Å². The van der Waals surface area contributed by atoms with Crippen LogP contribution >= 0.6 is 0 Å². The van der Waals surface area contributed by atoms with Gasteiger partial charge in [-0.15, -0.1) is 0 Å². The fourth-order valence-electron chi connectivity index (χ4n) is 0.702. The zero-order chi connectivity index (χ0) is 7.23. The van der Waals surface area contributed by atoms with Gasteiger partial charge in [0.2, 0.25) is 0 Å². The second-order valence-electron chi connectivity index (χ2n) is 1.85. The monoisotopic (exact) mass is 135 g/mol. The fraction of sp³-hybridized carbons (Fsp3) is 0.125. The molecule has 0 spiro atoms. The molecule has 0 aromatic rings. The van der Waals surface area contributed by atoms with E-state index in [0.717, 1.165) is 12.2 Å². The van der Waals surface area contributed by atoms with E-state index in [0.29, 0.717) is 0 Å². The van der Waals surface area contributed by atoms with E-state index in [1.54, 1.807) is 0 Å². The molecule has 1 rings (SSSR count). The van der Waals surface area contributed by atoms with Crippen LogP contribution in [0.15, 0.2) is 41.3 Å². The summed E-state index contributed by atoms with van der Waals surface area (Å²) in [5.41, 5.74) is 0. The maximum atomic E-state index is 4.81. The minimum Gasteiger partial charge on any atom is -0.358 e. The predicted molar refractivity (Wildman–Crippen MR) is 41.6 cm³/mol.